The number of H-pyrrole nitrogens is 1. The quantitative estimate of drug-likeness (QED) is 0.553. The van der Waals surface area contributed by atoms with Crippen molar-refractivity contribution in [3.63, 3.8) is 0 Å². The number of morpholine rings is 1. The smallest absolute Gasteiger partial charge is 0.191 e. The summed E-state index contributed by atoms with van der Waals surface area (Å²) in [6.07, 6.45) is 5.55. The second kappa shape index (κ2) is 8.27. The molecule has 2 aliphatic rings. The monoisotopic (exact) mass is 373 g/mol. The molecule has 0 saturated carbocycles. The van der Waals surface area contributed by atoms with E-state index in [9.17, 15) is 4.39 Å². The van der Waals surface area contributed by atoms with Crippen molar-refractivity contribution in [1.29, 1.82) is 0 Å². The topological polar surface area (TPSA) is 64.7 Å². The number of halogens is 1. The molecule has 3 heterocycles. The van der Waals surface area contributed by atoms with Crippen molar-refractivity contribution in [3.8, 4) is 0 Å². The molecule has 7 heteroatoms. The molecule has 0 radical (unpaired) electrons. The number of benzene rings is 1. The van der Waals surface area contributed by atoms with Crippen molar-refractivity contribution in [1.82, 2.24) is 20.5 Å². The highest BCUT2D eigenvalue weighted by molar-refractivity contribution is 5.83. The summed E-state index contributed by atoms with van der Waals surface area (Å²) in [6.45, 7) is 4.56. The summed E-state index contributed by atoms with van der Waals surface area (Å²) in [5.74, 6) is 0.567. The van der Waals surface area contributed by atoms with E-state index in [4.69, 9.17) is 4.74 Å². The lowest BCUT2D eigenvalue weighted by Crippen LogP contribution is -2.51. The molecular formula is C20H28FN5O. The zero-order valence-electron chi connectivity index (χ0n) is 15.8. The van der Waals surface area contributed by atoms with Crippen LogP contribution in [-0.4, -0.2) is 67.8 Å². The zero-order chi connectivity index (χ0) is 18.6. The van der Waals surface area contributed by atoms with Crippen LogP contribution in [0, 0.1) is 5.82 Å². The van der Waals surface area contributed by atoms with Crippen molar-refractivity contribution in [3.05, 3.63) is 35.8 Å². The van der Waals surface area contributed by atoms with E-state index in [-0.39, 0.29) is 11.9 Å². The fourth-order valence-electron chi connectivity index (χ4n) is 4.12. The summed E-state index contributed by atoms with van der Waals surface area (Å²) in [7, 11) is 1.78. The van der Waals surface area contributed by atoms with Gasteiger partial charge in [0.25, 0.3) is 0 Å². The number of nitrogens with one attached hydrogen (secondary N) is 3. The minimum absolute atomic E-state index is 0.210. The normalized spacial score (nSPS) is 23.6. The highest BCUT2D eigenvalue weighted by atomic mass is 19.1. The van der Waals surface area contributed by atoms with Crippen molar-refractivity contribution >= 4 is 16.9 Å². The van der Waals surface area contributed by atoms with Crippen LogP contribution in [-0.2, 0) is 11.2 Å². The number of hydrogen-bond donors (Lipinski definition) is 3. The molecule has 2 fully saturated rings. The molecular weight excluding hydrogens is 345 g/mol. The van der Waals surface area contributed by atoms with Crippen molar-refractivity contribution in [2.24, 2.45) is 4.99 Å². The van der Waals surface area contributed by atoms with Gasteiger partial charge in [-0.15, -0.1) is 0 Å². The van der Waals surface area contributed by atoms with Gasteiger partial charge in [-0.25, -0.2) is 4.39 Å². The average molecular weight is 373 g/mol. The predicted molar refractivity (Wildman–Crippen MR) is 106 cm³/mol. The Balaban J connectivity index is 1.23. The van der Waals surface area contributed by atoms with Gasteiger partial charge in [0.05, 0.1) is 12.7 Å². The maximum absolute atomic E-state index is 13.3. The van der Waals surface area contributed by atoms with Crippen LogP contribution in [0.25, 0.3) is 10.9 Å². The second-order valence-corrected chi connectivity index (χ2v) is 7.38. The van der Waals surface area contributed by atoms with E-state index in [1.54, 1.807) is 7.05 Å². The van der Waals surface area contributed by atoms with E-state index in [1.165, 1.54) is 37.1 Å². The lowest BCUT2D eigenvalue weighted by atomic mass is 10.1. The van der Waals surface area contributed by atoms with Crippen LogP contribution < -0.4 is 10.6 Å². The van der Waals surface area contributed by atoms with Gasteiger partial charge in [0, 0.05) is 49.8 Å². The predicted octanol–water partition coefficient (Wildman–Crippen LogP) is 1.88. The third-order valence-electron chi connectivity index (χ3n) is 5.60. The lowest BCUT2D eigenvalue weighted by molar-refractivity contribution is -0.0453. The Morgan fingerprint density at radius 2 is 2.33 bits per heavy atom. The van der Waals surface area contributed by atoms with E-state index < -0.39 is 0 Å². The second-order valence-electron chi connectivity index (χ2n) is 7.38. The fourth-order valence-corrected chi connectivity index (χ4v) is 4.12. The number of guanidine groups is 1. The molecule has 27 heavy (non-hydrogen) atoms. The third-order valence-corrected chi connectivity index (χ3v) is 5.60. The van der Waals surface area contributed by atoms with E-state index in [2.05, 4.69) is 25.5 Å². The van der Waals surface area contributed by atoms with Crippen LogP contribution in [0.15, 0.2) is 29.4 Å². The van der Waals surface area contributed by atoms with Gasteiger partial charge in [-0.3, -0.25) is 9.89 Å². The van der Waals surface area contributed by atoms with Crippen LogP contribution >= 0.6 is 0 Å². The van der Waals surface area contributed by atoms with E-state index in [0.717, 1.165) is 49.5 Å². The molecule has 0 amide bonds. The molecule has 3 N–H and O–H groups in total. The molecule has 1 aromatic carbocycles. The summed E-state index contributed by atoms with van der Waals surface area (Å²) in [5.41, 5.74) is 2.01. The summed E-state index contributed by atoms with van der Waals surface area (Å²) < 4.78 is 19.3. The Morgan fingerprint density at radius 3 is 3.22 bits per heavy atom. The number of hydrogen-bond acceptors (Lipinski definition) is 3. The van der Waals surface area contributed by atoms with Gasteiger partial charge in [-0.05, 0) is 49.6 Å². The minimum atomic E-state index is -0.219. The largest absolute Gasteiger partial charge is 0.373 e. The summed E-state index contributed by atoms with van der Waals surface area (Å²) >= 11 is 0. The van der Waals surface area contributed by atoms with E-state index >= 15 is 0 Å². The first kappa shape index (κ1) is 18.3. The number of aromatic amines is 1. The Kier molecular flexibility index (Phi) is 5.59. The molecule has 0 bridgehead atoms. The van der Waals surface area contributed by atoms with Crippen LogP contribution in [0.1, 0.15) is 18.4 Å². The molecule has 2 aromatic rings. The summed E-state index contributed by atoms with van der Waals surface area (Å²) in [5, 5.41) is 7.79. The first-order valence-corrected chi connectivity index (χ1v) is 9.78. The molecule has 0 aliphatic carbocycles. The average Bonchev–Trinajstić information content (AvgIpc) is 3.30. The number of aromatic nitrogens is 1. The molecule has 1 aromatic heterocycles. The number of fused-ring (bicyclic) bond motifs is 2. The van der Waals surface area contributed by atoms with Crippen LogP contribution in [0.3, 0.4) is 0 Å². The number of nitrogens with zero attached hydrogens (tertiary/aromatic N) is 2. The van der Waals surface area contributed by atoms with E-state index in [1.807, 2.05) is 12.3 Å². The highest BCUT2D eigenvalue weighted by Gasteiger charge is 2.32. The minimum Gasteiger partial charge on any atom is -0.373 e. The van der Waals surface area contributed by atoms with E-state index in [0.29, 0.717) is 6.04 Å². The molecule has 0 spiro atoms. The fraction of sp³-hybridized carbons (Fsp3) is 0.550. The standard InChI is InChI=1S/C20H28FN5O/c1-22-20(25-11-17-12-26-8-2-3-16(26)13-27-17)23-7-6-14-10-24-19-9-15(21)4-5-18(14)19/h4-5,9-10,16-17,24H,2-3,6-8,11-13H2,1H3,(H2,22,23,25). The molecule has 4 rings (SSSR count). The van der Waals surface area contributed by atoms with Crippen LogP contribution in [0.4, 0.5) is 4.39 Å². The molecule has 2 aliphatic heterocycles. The Hall–Kier alpha value is -2.12. The van der Waals surface area contributed by atoms with Gasteiger partial charge in [0.15, 0.2) is 5.96 Å². The molecule has 2 atom stereocenters. The Bertz CT molecular complexity index is 805. The highest BCUT2D eigenvalue weighted by Crippen LogP contribution is 2.22. The SMILES string of the molecule is CN=C(NCCc1c[nH]c2cc(F)ccc12)NCC1CN2CCCC2CO1. The van der Waals surface area contributed by atoms with Gasteiger partial charge < -0.3 is 20.4 Å². The first-order chi connectivity index (χ1) is 13.2. The molecule has 2 saturated heterocycles. The molecule has 6 nitrogen and oxygen atoms in total. The zero-order valence-corrected chi connectivity index (χ0v) is 15.8. The van der Waals surface area contributed by atoms with Crippen molar-refractivity contribution in [2.45, 2.75) is 31.4 Å². The maximum Gasteiger partial charge on any atom is 0.191 e. The Labute approximate surface area is 159 Å². The van der Waals surface area contributed by atoms with Crippen LogP contribution in [0.2, 0.25) is 0 Å². The van der Waals surface area contributed by atoms with Crippen molar-refractivity contribution in [2.75, 3.05) is 39.8 Å². The number of rotatable bonds is 5. The Morgan fingerprint density at radius 1 is 1.41 bits per heavy atom. The first-order valence-electron chi connectivity index (χ1n) is 9.78. The number of aliphatic imine (C=N–C) groups is 1. The van der Waals surface area contributed by atoms with Gasteiger partial charge in [-0.2, -0.15) is 0 Å². The van der Waals surface area contributed by atoms with Gasteiger partial charge in [0.2, 0.25) is 0 Å². The summed E-state index contributed by atoms with van der Waals surface area (Å²) in [4.78, 5) is 9.98. The number of ether oxygens (including phenoxy) is 1. The van der Waals surface area contributed by atoms with Crippen LogP contribution in [0.5, 0.6) is 0 Å². The van der Waals surface area contributed by atoms with Gasteiger partial charge in [0.1, 0.15) is 5.82 Å². The van der Waals surface area contributed by atoms with Crippen molar-refractivity contribution < 1.29 is 9.13 Å². The lowest BCUT2D eigenvalue weighted by Gasteiger charge is -2.35. The van der Waals surface area contributed by atoms with Gasteiger partial charge in [-0.1, -0.05) is 0 Å². The molecule has 146 valence electrons. The molecule has 2 unspecified atom stereocenters. The third kappa shape index (κ3) is 4.25. The maximum atomic E-state index is 13.3. The van der Waals surface area contributed by atoms with Gasteiger partial charge >= 0.3 is 0 Å². The summed E-state index contributed by atoms with van der Waals surface area (Å²) in [6, 6.07) is 5.49.